The normalized spacial score (nSPS) is 11.8. The minimum atomic E-state index is -0.0198. The molecule has 2 heterocycles. The Hall–Kier alpha value is -2.54. The Morgan fingerprint density at radius 1 is 1.17 bits per heavy atom. The van der Waals surface area contributed by atoms with Crippen molar-refractivity contribution in [2.24, 2.45) is 0 Å². The van der Waals surface area contributed by atoms with Gasteiger partial charge in [-0.05, 0) is 37.0 Å². The summed E-state index contributed by atoms with van der Waals surface area (Å²) in [6.07, 6.45) is 1.65. The van der Waals surface area contributed by atoms with Crippen LogP contribution >= 0.6 is 11.8 Å². The predicted molar refractivity (Wildman–Crippen MR) is 116 cm³/mol. The lowest BCUT2D eigenvalue weighted by atomic mass is 9.87. The third-order valence-electron chi connectivity index (χ3n) is 4.40. The smallest absolute Gasteiger partial charge is 0.230 e. The zero-order chi connectivity index (χ0) is 21.0. The summed E-state index contributed by atoms with van der Waals surface area (Å²) in [6.45, 7) is 11.0. The fraction of sp³-hybridized carbons (Fsp3) is 0.409. The van der Waals surface area contributed by atoms with Gasteiger partial charge < -0.3 is 9.73 Å². The van der Waals surface area contributed by atoms with Crippen molar-refractivity contribution in [3.05, 3.63) is 54.0 Å². The third kappa shape index (κ3) is 5.50. The van der Waals surface area contributed by atoms with Crippen LogP contribution in [0.4, 0.5) is 0 Å². The van der Waals surface area contributed by atoms with Crippen LogP contribution in [0.5, 0.6) is 0 Å². The second-order valence-corrected chi connectivity index (χ2v) is 9.25. The molecule has 0 fully saturated rings. The van der Waals surface area contributed by atoms with Crippen molar-refractivity contribution < 1.29 is 9.21 Å². The molecule has 0 aliphatic carbocycles. The highest BCUT2D eigenvalue weighted by molar-refractivity contribution is 7.99. The van der Waals surface area contributed by atoms with Gasteiger partial charge in [-0.1, -0.05) is 56.8 Å². The number of nitrogens with zero attached hydrogens (tertiary/aromatic N) is 3. The van der Waals surface area contributed by atoms with Crippen LogP contribution in [-0.2, 0) is 16.8 Å². The summed E-state index contributed by atoms with van der Waals surface area (Å²) >= 11 is 1.38. The van der Waals surface area contributed by atoms with Crippen molar-refractivity contribution in [1.29, 1.82) is 0 Å². The van der Waals surface area contributed by atoms with Crippen molar-refractivity contribution in [2.75, 3.05) is 5.75 Å². The van der Waals surface area contributed by atoms with Gasteiger partial charge in [0.25, 0.3) is 0 Å². The summed E-state index contributed by atoms with van der Waals surface area (Å²) < 4.78 is 7.53. The number of hydrogen-bond acceptors (Lipinski definition) is 5. The Labute approximate surface area is 176 Å². The topological polar surface area (TPSA) is 73.0 Å². The molecule has 3 aromatic rings. The summed E-state index contributed by atoms with van der Waals surface area (Å²) in [5, 5.41) is 12.4. The molecule has 1 N–H and O–H groups in total. The SMILES string of the molecule is CC(C)NC(=O)CSc1nnc(-c2ccc(C(C)(C)C)cc2)n1Cc1ccco1. The standard InChI is InChI=1S/C22H28N4O2S/c1-15(2)23-19(27)14-29-21-25-24-20(26(21)13-18-7-6-12-28-18)16-8-10-17(11-9-16)22(3,4)5/h6-12,15H,13-14H2,1-5H3,(H,23,27). The van der Waals surface area contributed by atoms with E-state index in [0.29, 0.717) is 11.7 Å². The van der Waals surface area contributed by atoms with E-state index in [-0.39, 0.29) is 23.1 Å². The Balaban J connectivity index is 1.88. The molecular formula is C22H28N4O2S. The fourth-order valence-corrected chi connectivity index (χ4v) is 3.67. The molecule has 7 heteroatoms. The van der Waals surface area contributed by atoms with E-state index in [1.54, 1.807) is 6.26 Å². The Morgan fingerprint density at radius 2 is 1.90 bits per heavy atom. The Bertz CT molecular complexity index is 938. The number of hydrogen-bond donors (Lipinski definition) is 1. The van der Waals surface area contributed by atoms with E-state index in [2.05, 4.69) is 60.6 Å². The van der Waals surface area contributed by atoms with Crippen LogP contribution in [0, 0.1) is 0 Å². The van der Waals surface area contributed by atoms with Crippen LogP contribution in [0.2, 0.25) is 0 Å². The van der Waals surface area contributed by atoms with Gasteiger partial charge in [0.2, 0.25) is 5.91 Å². The van der Waals surface area contributed by atoms with Crippen LogP contribution < -0.4 is 5.32 Å². The van der Waals surface area contributed by atoms with Crippen molar-refractivity contribution in [3.63, 3.8) is 0 Å². The number of nitrogens with one attached hydrogen (secondary N) is 1. The van der Waals surface area contributed by atoms with E-state index in [4.69, 9.17) is 4.42 Å². The van der Waals surface area contributed by atoms with E-state index in [0.717, 1.165) is 17.1 Å². The van der Waals surface area contributed by atoms with Gasteiger partial charge >= 0.3 is 0 Å². The van der Waals surface area contributed by atoms with Gasteiger partial charge in [0.1, 0.15) is 5.76 Å². The molecule has 0 bridgehead atoms. The number of carbonyl (C=O) groups is 1. The summed E-state index contributed by atoms with van der Waals surface area (Å²) in [6, 6.07) is 12.3. The number of rotatable bonds is 7. The van der Waals surface area contributed by atoms with Crippen LogP contribution in [0.1, 0.15) is 45.9 Å². The molecule has 29 heavy (non-hydrogen) atoms. The van der Waals surface area contributed by atoms with Gasteiger partial charge in [-0.15, -0.1) is 10.2 Å². The lowest BCUT2D eigenvalue weighted by Gasteiger charge is -2.19. The maximum absolute atomic E-state index is 12.1. The molecule has 6 nitrogen and oxygen atoms in total. The number of amides is 1. The second kappa shape index (κ2) is 8.86. The summed E-state index contributed by atoms with van der Waals surface area (Å²) in [4.78, 5) is 12.1. The first-order chi connectivity index (χ1) is 13.7. The van der Waals surface area contributed by atoms with Gasteiger partial charge in [0.05, 0.1) is 18.6 Å². The number of thioether (sulfide) groups is 1. The summed E-state index contributed by atoms with van der Waals surface area (Å²) in [7, 11) is 0. The van der Waals surface area contributed by atoms with Gasteiger partial charge in [-0.2, -0.15) is 0 Å². The molecule has 0 unspecified atom stereocenters. The van der Waals surface area contributed by atoms with Gasteiger partial charge in [0, 0.05) is 11.6 Å². The number of aromatic nitrogens is 3. The number of furan rings is 1. The molecule has 2 aromatic heterocycles. The molecule has 0 saturated heterocycles. The van der Waals surface area contributed by atoms with E-state index >= 15 is 0 Å². The maximum Gasteiger partial charge on any atom is 0.230 e. The number of benzene rings is 1. The molecule has 0 saturated carbocycles. The predicted octanol–water partition coefficient (Wildman–Crippen LogP) is 4.50. The largest absolute Gasteiger partial charge is 0.467 e. The molecule has 0 spiro atoms. The van der Waals surface area contributed by atoms with Crippen LogP contribution in [-0.4, -0.2) is 32.5 Å². The van der Waals surface area contributed by atoms with Crippen LogP contribution in [0.15, 0.2) is 52.2 Å². The molecule has 1 amide bonds. The van der Waals surface area contributed by atoms with Crippen LogP contribution in [0.25, 0.3) is 11.4 Å². The number of carbonyl (C=O) groups excluding carboxylic acids is 1. The molecule has 1 aromatic carbocycles. The fourth-order valence-electron chi connectivity index (χ4n) is 2.92. The average Bonchev–Trinajstić information content (AvgIpc) is 3.29. The highest BCUT2D eigenvalue weighted by Crippen LogP contribution is 2.28. The van der Waals surface area contributed by atoms with Crippen molar-refractivity contribution in [2.45, 2.75) is 57.8 Å². The Kier molecular flexibility index (Phi) is 6.47. The summed E-state index contributed by atoms with van der Waals surface area (Å²) in [5.74, 6) is 1.84. The Morgan fingerprint density at radius 3 is 2.48 bits per heavy atom. The molecule has 0 aliphatic heterocycles. The quantitative estimate of drug-likeness (QED) is 0.579. The van der Waals surface area contributed by atoms with E-state index in [1.807, 2.05) is 30.5 Å². The van der Waals surface area contributed by atoms with Gasteiger partial charge in [-0.3, -0.25) is 9.36 Å². The zero-order valence-corrected chi connectivity index (χ0v) is 18.4. The first kappa shape index (κ1) is 21.2. The second-order valence-electron chi connectivity index (χ2n) is 8.31. The first-order valence-electron chi connectivity index (χ1n) is 9.72. The molecule has 154 valence electrons. The van der Waals surface area contributed by atoms with E-state index < -0.39 is 0 Å². The first-order valence-corrected chi connectivity index (χ1v) is 10.7. The molecule has 3 rings (SSSR count). The highest BCUT2D eigenvalue weighted by Gasteiger charge is 2.19. The van der Waals surface area contributed by atoms with E-state index in [1.165, 1.54) is 17.3 Å². The zero-order valence-electron chi connectivity index (χ0n) is 17.6. The molecular weight excluding hydrogens is 384 g/mol. The lowest BCUT2D eigenvalue weighted by molar-refractivity contribution is -0.119. The molecule has 0 radical (unpaired) electrons. The van der Waals surface area contributed by atoms with Crippen molar-refractivity contribution in [1.82, 2.24) is 20.1 Å². The minimum absolute atomic E-state index is 0.0198. The average molecular weight is 413 g/mol. The van der Waals surface area contributed by atoms with Gasteiger partial charge in [-0.25, -0.2) is 0 Å². The van der Waals surface area contributed by atoms with E-state index in [9.17, 15) is 4.79 Å². The summed E-state index contributed by atoms with van der Waals surface area (Å²) in [5.41, 5.74) is 2.33. The van der Waals surface area contributed by atoms with Crippen molar-refractivity contribution in [3.8, 4) is 11.4 Å². The highest BCUT2D eigenvalue weighted by atomic mass is 32.2. The van der Waals surface area contributed by atoms with Crippen molar-refractivity contribution >= 4 is 17.7 Å². The van der Waals surface area contributed by atoms with Crippen LogP contribution in [0.3, 0.4) is 0 Å². The molecule has 0 atom stereocenters. The lowest BCUT2D eigenvalue weighted by Crippen LogP contribution is -2.31. The third-order valence-corrected chi connectivity index (χ3v) is 5.37. The monoisotopic (exact) mass is 412 g/mol. The minimum Gasteiger partial charge on any atom is -0.467 e. The molecule has 0 aliphatic rings. The van der Waals surface area contributed by atoms with Gasteiger partial charge in [0.15, 0.2) is 11.0 Å². The maximum atomic E-state index is 12.1.